The molecule has 1 aromatic heterocycles. The van der Waals surface area contributed by atoms with Gasteiger partial charge in [-0.2, -0.15) is 0 Å². The van der Waals surface area contributed by atoms with Crippen molar-refractivity contribution < 1.29 is 18.9 Å². The van der Waals surface area contributed by atoms with Crippen molar-refractivity contribution in [3.63, 3.8) is 0 Å². The zero-order valence-corrected chi connectivity index (χ0v) is 18.9. The summed E-state index contributed by atoms with van der Waals surface area (Å²) in [6.07, 6.45) is 5.90. The van der Waals surface area contributed by atoms with Gasteiger partial charge in [-0.3, -0.25) is 0 Å². The third-order valence-corrected chi connectivity index (χ3v) is 6.04. The zero-order valence-electron chi connectivity index (χ0n) is 18.9. The van der Waals surface area contributed by atoms with Crippen LogP contribution in [0.25, 0.3) is 11.0 Å². The van der Waals surface area contributed by atoms with Gasteiger partial charge in [-0.1, -0.05) is 24.0 Å². The number of aromatic nitrogens is 2. The van der Waals surface area contributed by atoms with E-state index in [1.807, 2.05) is 24.3 Å². The Balaban J connectivity index is 1.64. The minimum atomic E-state index is -0.422. The number of hydrogen-bond donors (Lipinski definition) is 0. The van der Waals surface area contributed by atoms with Crippen molar-refractivity contribution in [2.75, 3.05) is 40.6 Å². The summed E-state index contributed by atoms with van der Waals surface area (Å²) >= 11 is 0. The van der Waals surface area contributed by atoms with Gasteiger partial charge in [0.25, 0.3) is 0 Å². The first-order chi connectivity index (χ1) is 15.7. The van der Waals surface area contributed by atoms with E-state index in [0.29, 0.717) is 37.8 Å². The highest BCUT2D eigenvalue weighted by molar-refractivity contribution is 5.75. The molecule has 168 valence electrons. The molecule has 6 heteroatoms. The van der Waals surface area contributed by atoms with Crippen LogP contribution in [0.4, 0.5) is 0 Å². The number of hydrogen-bond acceptors (Lipinski definition) is 6. The molecule has 0 spiro atoms. The third kappa shape index (κ3) is 5.28. The number of benzene rings is 1. The van der Waals surface area contributed by atoms with Crippen molar-refractivity contribution in [1.29, 1.82) is 0 Å². The van der Waals surface area contributed by atoms with Crippen molar-refractivity contribution in [2.24, 2.45) is 0 Å². The van der Waals surface area contributed by atoms with E-state index >= 15 is 0 Å². The highest BCUT2D eigenvalue weighted by atomic mass is 16.5. The summed E-state index contributed by atoms with van der Waals surface area (Å²) in [5.74, 6) is 13.2. The van der Waals surface area contributed by atoms with E-state index in [1.165, 1.54) is 0 Å². The van der Waals surface area contributed by atoms with Crippen LogP contribution >= 0.6 is 0 Å². The summed E-state index contributed by atoms with van der Waals surface area (Å²) in [7, 11) is 3.35. The molecule has 0 bridgehead atoms. The van der Waals surface area contributed by atoms with E-state index in [9.17, 15) is 0 Å². The Morgan fingerprint density at radius 2 is 1.16 bits per heavy atom. The molecule has 0 unspecified atom stereocenters. The fraction of sp³-hybridized carbons (Fsp3) is 0.538. The fourth-order valence-corrected chi connectivity index (χ4v) is 3.77. The van der Waals surface area contributed by atoms with Crippen molar-refractivity contribution in [3.8, 4) is 23.7 Å². The fourth-order valence-electron chi connectivity index (χ4n) is 3.77. The zero-order chi connectivity index (χ0) is 22.3. The maximum Gasteiger partial charge on any atom is 0.148 e. The first-order valence-electron chi connectivity index (χ1n) is 11.3. The van der Waals surface area contributed by atoms with Crippen LogP contribution in [0.1, 0.15) is 49.9 Å². The minimum absolute atomic E-state index is 0.422. The number of nitrogens with zero attached hydrogens (tertiary/aromatic N) is 2. The molecule has 2 aliphatic rings. The molecule has 2 saturated carbocycles. The largest absolute Gasteiger partial charge is 0.382 e. The predicted octanol–water partition coefficient (Wildman–Crippen LogP) is 3.50. The predicted molar refractivity (Wildman–Crippen MR) is 122 cm³/mol. The van der Waals surface area contributed by atoms with Crippen molar-refractivity contribution >= 4 is 11.0 Å². The molecule has 2 aromatic rings. The lowest BCUT2D eigenvalue weighted by Gasteiger charge is -2.37. The lowest BCUT2D eigenvalue weighted by molar-refractivity contribution is -0.0699. The standard InChI is InChI=1S/C26H30N2O4/c1-29-17-19-31-25(11-5-12-25)15-9-23-24(28-22-8-4-3-7-21(22)27-23)10-16-26(13-6-14-26)32-20-18-30-2/h3-4,7-8H,5-6,11-14,17-20H2,1-2H3. The van der Waals surface area contributed by atoms with Crippen LogP contribution < -0.4 is 0 Å². The van der Waals surface area contributed by atoms with Crippen LogP contribution in [-0.2, 0) is 18.9 Å². The smallest absolute Gasteiger partial charge is 0.148 e. The molecule has 2 aliphatic carbocycles. The van der Waals surface area contributed by atoms with E-state index in [2.05, 4.69) is 23.7 Å². The molecule has 1 heterocycles. The summed E-state index contributed by atoms with van der Waals surface area (Å²) in [5, 5.41) is 0. The molecule has 4 rings (SSSR count). The number of ether oxygens (including phenoxy) is 4. The lowest BCUT2D eigenvalue weighted by atomic mass is 9.80. The molecule has 1 aromatic carbocycles. The maximum absolute atomic E-state index is 6.04. The highest BCUT2D eigenvalue weighted by Crippen LogP contribution is 2.36. The molecule has 0 aliphatic heterocycles. The van der Waals surface area contributed by atoms with Gasteiger partial charge in [0, 0.05) is 14.2 Å². The molecular formula is C26H30N2O4. The van der Waals surface area contributed by atoms with Crippen molar-refractivity contribution in [3.05, 3.63) is 35.7 Å². The SMILES string of the molecule is COCCOC1(C#Cc2nc3ccccc3nc2C#CC2(OCCOC)CCC2)CCC1. The number of rotatable bonds is 8. The Labute approximate surface area is 190 Å². The summed E-state index contributed by atoms with van der Waals surface area (Å²) in [4.78, 5) is 9.55. The summed E-state index contributed by atoms with van der Waals surface area (Å²) in [6.45, 7) is 2.17. The van der Waals surface area contributed by atoms with Crippen LogP contribution in [0.2, 0.25) is 0 Å². The first-order valence-corrected chi connectivity index (χ1v) is 11.3. The minimum Gasteiger partial charge on any atom is -0.382 e. The Morgan fingerprint density at radius 1 is 0.719 bits per heavy atom. The molecule has 0 radical (unpaired) electrons. The summed E-state index contributed by atoms with van der Waals surface area (Å²) < 4.78 is 22.3. The quantitative estimate of drug-likeness (QED) is 0.468. The van der Waals surface area contributed by atoms with Gasteiger partial charge in [0.15, 0.2) is 0 Å². The topological polar surface area (TPSA) is 62.7 Å². The molecule has 6 nitrogen and oxygen atoms in total. The normalized spacial score (nSPS) is 17.9. The number of para-hydroxylation sites is 2. The number of fused-ring (bicyclic) bond motifs is 1. The lowest BCUT2D eigenvalue weighted by Crippen LogP contribution is -2.39. The third-order valence-electron chi connectivity index (χ3n) is 6.04. The molecular weight excluding hydrogens is 404 g/mol. The Bertz CT molecular complexity index is 968. The molecule has 0 atom stereocenters. The number of methoxy groups -OCH3 is 2. The van der Waals surface area contributed by atoms with Crippen LogP contribution in [0.5, 0.6) is 0 Å². The van der Waals surface area contributed by atoms with Crippen molar-refractivity contribution in [2.45, 2.75) is 49.7 Å². The molecule has 0 N–H and O–H groups in total. The van der Waals surface area contributed by atoms with Gasteiger partial charge in [-0.05, 0) is 62.5 Å². The van der Waals surface area contributed by atoms with Crippen LogP contribution in [0.15, 0.2) is 24.3 Å². The monoisotopic (exact) mass is 434 g/mol. The van der Waals surface area contributed by atoms with Crippen LogP contribution in [0, 0.1) is 23.7 Å². The van der Waals surface area contributed by atoms with E-state index in [-0.39, 0.29) is 0 Å². The van der Waals surface area contributed by atoms with E-state index in [1.54, 1.807) is 14.2 Å². The molecule has 0 amide bonds. The van der Waals surface area contributed by atoms with Gasteiger partial charge in [0.1, 0.15) is 22.6 Å². The van der Waals surface area contributed by atoms with Gasteiger partial charge in [0.05, 0.1) is 37.5 Å². The average Bonchev–Trinajstić information content (AvgIpc) is 2.76. The Morgan fingerprint density at radius 3 is 1.50 bits per heavy atom. The van der Waals surface area contributed by atoms with Crippen molar-refractivity contribution in [1.82, 2.24) is 9.97 Å². The van der Waals surface area contributed by atoms with Crippen LogP contribution in [0.3, 0.4) is 0 Å². The van der Waals surface area contributed by atoms with Gasteiger partial charge in [0.2, 0.25) is 0 Å². The average molecular weight is 435 g/mol. The second kappa shape index (κ2) is 10.4. The molecule has 2 fully saturated rings. The summed E-state index contributed by atoms with van der Waals surface area (Å²) in [6, 6.07) is 7.79. The maximum atomic E-state index is 6.04. The van der Waals surface area contributed by atoms with Gasteiger partial charge < -0.3 is 18.9 Å². The van der Waals surface area contributed by atoms with Gasteiger partial charge in [-0.15, -0.1) is 0 Å². The van der Waals surface area contributed by atoms with Gasteiger partial charge in [-0.25, -0.2) is 9.97 Å². The first kappa shape index (κ1) is 22.7. The molecule has 0 saturated heterocycles. The van der Waals surface area contributed by atoms with Gasteiger partial charge >= 0.3 is 0 Å². The highest BCUT2D eigenvalue weighted by Gasteiger charge is 2.37. The van der Waals surface area contributed by atoms with E-state index in [0.717, 1.165) is 49.6 Å². The molecule has 32 heavy (non-hydrogen) atoms. The van der Waals surface area contributed by atoms with E-state index < -0.39 is 11.2 Å². The summed E-state index contributed by atoms with van der Waals surface area (Å²) in [5.41, 5.74) is 1.94. The second-order valence-corrected chi connectivity index (χ2v) is 8.29. The second-order valence-electron chi connectivity index (χ2n) is 8.29. The van der Waals surface area contributed by atoms with Crippen LogP contribution in [-0.4, -0.2) is 61.8 Å². The Kier molecular flexibility index (Phi) is 7.40. The van der Waals surface area contributed by atoms with E-state index in [4.69, 9.17) is 28.9 Å². The Hall–Kier alpha value is -2.48.